The van der Waals surface area contributed by atoms with Gasteiger partial charge in [-0.05, 0) is 57.4 Å². The second-order valence-electron chi connectivity index (χ2n) is 9.24. The molecule has 2 heterocycles. The fraction of sp³-hybridized carbons (Fsp3) is 0.346. The molecule has 1 aromatic heterocycles. The first-order chi connectivity index (χ1) is 16.1. The fourth-order valence-corrected chi connectivity index (χ4v) is 4.31. The van der Waals surface area contributed by atoms with Crippen LogP contribution in [0.5, 0.6) is 0 Å². The largest absolute Gasteiger partial charge is 0.386 e. The molecule has 2 aromatic carbocycles. The van der Waals surface area contributed by atoms with E-state index >= 15 is 0 Å². The van der Waals surface area contributed by atoms with E-state index in [-0.39, 0.29) is 23.3 Å². The number of nitrogens with zero attached hydrogens (tertiary/aromatic N) is 4. The molecular formula is C26H28FN5O2. The van der Waals surface area contributed by atoms with Gasteiger partial charge in [-0.3, -0.25) is 9.36 Å². The number of carbonyl (C=O) groups excluding carboxylic acids is 1. The van der Waals surface area contributed by atoms with E-state index in [1.807, 2.05) is 24.3 Å². The minimum absolute atomic E-state index is 0.0656. The average Bonchev–Trinajstić information content (AvgIpc) is 3.15. The molecule has 4 rings (SSSR count). The van der Waals surface area contributed by atoms with Crippen LogP contribution < -0.4 is 5.73 Å². The van der Waals surface area contributed by atoms with E-state index < -0.39 is 11.4 Å². The zero-order valence-electron chi connectivity index (χ0n) is 19.5. The third-order valence-corrected chi connectivity index (χ3v) is 6.21. The fourth-order valence-electron chi connectivity index (χ4n) is 4.31. The van der Waals surface area contributed by atoms with Crippen molar-refractivity contribution in [1.29, 1.82) is 0 Å². The summed E-state index contributed by atoms with van der Waals surface area (Å²) in [5, 5.41) is 10.3. The van der Waals surface area contributed by atoms with Crippen molar-refractivity contribution in [2.24, 2.45) is 5.73 Å². The number of carbonyl (C=O) groups is 1. The molecule has 1 aliphatic rings. The predicted molar refractivity (Wildman–Crippen MR) is 128 cm³/mol. The maximum atomic E-state index is 14.5. The molecule has 0 unspecified atom stereocenters. The van der Waals surface area contributed by atoms with Crippen LogP contribution >= 0.6 is 0 Å². The molecule has 0 spiro atoms. The van der Waals surface area contributed by atoms with Crippen molar-refractivity contribution in [2.45, 2.75) is 45.3 Å². The van der Waals surface area contributed by atoms with E-state index in [9.17, 15) is 14.3 Å². The van der Waals surface area contributed by atoms with Crippen LogP contribution in [-0.2, 0) is 5.60 Å². The molecule has 0 saturated carbocycles. The smallest absolute Gasteiger partial charge is 0.274 e. The first-order valence-electron chi connectivity index (χ1n) is 11.2. The van der Waals surface area contributed by atoms with Gasteiger partial charge < -0.3 is 15.7 Å². The summed E-state index contributed by atoms with van der Waals surface area (Å²) < 4.78 is 16.3. The number of benzene rings is 2. The summed E-state index contributed by atoms with van der Waals surface area (Å²) in [5.41, 5.74) is 7.81. The number of nitrogens with two attached hydrogens (primary N) is 1. The van der Waals surface area contributed by atoms with E-state index in [4.69, 9.17) is 12.3 Å². The van der Waals surface area contributed by atoms with Gasteiger partial charge >= 0.3 is 0 Å². The monoisotopic (exact) mass is 461 g/mol. The van der Waals surface area contributed by atoms with Crippen molar-refractivity contribution in [2.75, 3.05) is 13.1 Å². The predicted octanol–water partition coefficient (Wildman–Crippen LogP) is 4.33. The summed E-state index contributed by atoms with van der Waals surface area (Å²) in [4.78, 5) is 23.0. The summed E-state index contributed by atoms with van der Waals surface area (Å²) in [6.07, 6.45) is 1.71. The Balaban J connectivity index is 1.85. The number of piperidine rings is 1. The van der Waals surface area contributed by atoms with E-state index in [0.29, 0.717) is 30.2 Å². The third-order valence-electron chi connectivity index (χ3n) is 6.21. The quantitative estimate of drug-likeness (QED) is 0.566. The molecule has 0 aliphatic carbocycles. The van der Waals surface area contributed by atoms with Gasteiger partial charge in [0.2, 0.25) is 5.69 Å². The number of imidazole rings is 1. The third kappa shape index (κ3) is 4.45. The van der Waals surface area contributed by atoms with Gasteiger partial charge in [0.1, 0.15) is 17.3 Å². The molecule has 1 aliphatic heterocycles. The summed E-state index contributed by atoms with van der Waals surface area (Å²) in [7, 11) is 0. The van der Waals surface area contributed by atoms with E-state index in [1.165, 1.54) is 12.1 Å². The van der Waals surface area contributed by atoms with Gasteiger partial charge in [-0.2, -0.15) is 0 Å². The average molecular weight is 462 g/mol. The first-order valence-corrected chi connectivity index (χ1v) is 11.2. The highest BCUT2D eigenvalue weighted by molar-refractivity contribution is 5.94. The Hall–Kier alpha value is -3.54. The molecular weight excluding hydrogens is 433 g/mol. The van der Waals surface area contributed by atoms with Crippen LogP contribution in [0.1, 0.15) is 48.4 Å². The van der Waals surface area contributed by atoms with E-state index in [1.54, 1.807) is 36.3 Å². The van der Waals surface area contributed by atoms with Gasteiger partial charge in [-0.15, -0.1) is 0 Å². The Morgan fingerprint density at radius 3 is 2.56 bits per heavy atom. The first kappa shape index (κ1) is 23.6. The van der Waals surface area contributed by atoms with Crippen molar-refractivity contribution < 1.29 is 14.3 Å². The summed E-state index contributed by atoms with van der Waals surface area (Å²) >= 11 is 0. The lowest BCUT2D eigenvalue weighted by atomic mass is 9.98. The number of amides is 1. The normalized spacial score (nSPS) is 16.4. The van der Waals surface area contributed by atoms with Crippen molar-refractivity contribution in [3.63, 3.8) is 0 Å². The number of hydrogen-bond donors (Lipinski definition) is 2. The van der Waals surface area contributed by atoms with Crippen molar-refractivity contribution in [1.82, 2.24) is 14.5 Å². The van der Waals surface area contributed by atoms with Gasteiger partial charge in [0, 0.05) is 30.4 Å². The molecule has 1 fully saturated rings. The molecule has 0 radical (unpaired) electrons. The lowest BCUT2D eigenvalue weighted by molar-refractivity contribution is 0.0702. The molecule has 1 atom stereocenters. The Morgan fingerprint density at radius 1 is 1.26 bits per heavy atom. The molecule has 7 nitrogen and oxygen atoms in total. The van der Waals surface area contributed by atoms with Gasteiger partial charge in [-0.25, -0.2) is 14.2 Å². The van der Waals surface area contributed by atoms with Crippen LogP contribution in [0.3, 0.4) is 0 Å². The highest BCUT2D eigenvalue weighted by Gasteiger charge is 2.28. The second kappa shape index (κ2) is 9.01. The number of hydrogen-bond acceptors (Lipinski definition) is 4. The van der Waals surface area contributed by atoms with Crippen molar-refractivity contribution in [3.8, 4) is 17.1 Å². The Bertz CT molecular complexity index is 1270. The molecule has 3 aromatic rings. The van der Waals surface area contributed by atoms with Gasteiger partial charge in [0.05, 0.1) is 17.9 Å². The highest BCUT2D eigenvalue weighted by Crippen LogP contribution is 2.31. The molecule has 34 heavy (non-hydrogen) atoms. The lowest BCUT2D eigenvalue weighted by Crippen LogP contribution is -2.46. The van der Waals surface area contributed by atoms with Gasteiger partial charge in [0.25, 0.3) is 5.91 Å². The van der Waals surface area contributed by atoms with E-state index in [2.05, 4.69) is 9.83 Å². The molecule has 3 N–H and O–H groups in total. The lowest BCUT2D eigenvalue weighted by Gasteiger charge is -2.30. The van der Waals surface area contributed by atoms with Crippen LogP contribution in [0, 0.1) is 19.3 Å². The highest BCUT2D eigenvalue weighted by atomic mass is 19.1. The second-order valence-corrected chi connectivity index (χ2v) is 9.24. The van der Waals surface area contributed by atoms with Crippen LogP contribution in [0.4, 0.5) is 10.1 Å². The zero-order valence-corrected chi connectivity index (χ0v) is 19.5. The summed E-state index contributed by atoms with van der Waals surface area (Å²) in [5.74, 6) is -0.459. The topological polar surface area (TPSA) is 88.7 Å². The van der Waals surface area contributed by atoms with Gasteiger partial charge in [0.15, 0.2) is 0 Å². The number of halogens is 1. The number of aromatic nitrogens is 2. The number of rotatable bonds is 4. The van der Waals surface area contributed by atoms with Crippen molar-refractivity contribution in [3.05, 3.63) is 76.7 Å². The molecule has 1 amide bonds. The standard InChI is InChI=1S/C26H28FN5O2/c1-16-23(25(33)31-13-5-6-19(28)15-31)30-24(17-7-12-22(29-4)21(27)14-17)32(16)20-10-8-18(9-11-20)26(2,3)34/h7-12,14,19,34H,5-6,13,15,28H2,1-3H3/t19-/m0/s1. The SMILES string of the molecule is [C-]#[N+]c1ccc(-c2nc(C(=O)N3CCC[C@H](N)C3)c(C)n2-c2ccc(C(C)(C)O)cc2)cc1F. The molecule has 0 bridgehead atoms. The van der Waals surface area contributed by atoms with Crippen molar-refractivity contribution >= 4 is 11.6 Å². The summed E-state index contributed by atoms with van der Waals surface area (Å²) in [6, 6.07) is 11.5. The van der Waals surface area contributed by atoms with Crippen LogP contribution in [0.25, 0.3) is 21.9 Å². The zero-order chi connectivity index (χ0) is 24.6. The minimum Gasteiger partial charge on any atom is -0.386 e. The maximum absolute atomic E-state index is 14.5. The van der Waals surface area contributed by atoms with Crippen LogP contribution in [-0.4, -0.2) is 44.6 Å². The molecule has 1 saturated heterocycles. The van der Waals surface area contributed by atoms with Crippen LogP contribution in [0.15, 0.2) is 42.5 Å². The van der Waals surface area contributed by atoms with Crippen LogP contribution in [0.2, 0.25) is 0 Å². The Labute approximate surface area is 198 Å². The Morgan fingerprint density at radius 2 is 1.97 bits per heavy atom. The molecule has 176 valence electrons. The minimum atomic E-state index is -1.00. The van der Waals surface area contributed by atoms with E-state index in [0.717, 1.165) is 24.1 Å². The van der Waals surface area contributed by atoms with Gasteiger partial charge in [-0.1, -0.05) is 24.3 Å². The summed E-state index contributed by atoms with van der Waals surface area (Å²) in [6.45, 7) is 13.4. The number of likely N-dealkylation sites (tertiary alicyclic amines) is 1. The molecule has 8 heteroatoms. The Kier molecular flexibility index (Phi) is 6.26. The maximum Gasteiger partial charge on any atom is 0.274 e. The number of aliphatic hydroxyl groups is 1.